The Bertz CT molecular complexity index is 621. The highest BCUT2D eigenvalue weighted by Crippen LogP contribution is 2.18. The summed E-state index contributed by atoms with van der Waals surface area (Å²) < 4.78 is 0. The van der Waals surface area contributed by atoms with Gasteiger partial charge in [0, 0.05) is 0 Å². The van der Waals surface area contributed by atoms with E-state index in [4.69, 9.17) is 5.73 Å². The molecule has 0 amide bonds. The van der Waals surface area contributed by atoms with E-state index in [1.54, 1.807) is 0 Å². The van der Waals surface area contributed by atoms with Gasteiger partial charge in [0.05, 0.1) is 6.04 Å². The minimum atomic E-state index is -0.0163. The molecule has 0 radical (unpaired) electrons. The van der Waals surface area contributed by atoms with Crippen LogP contribution in [0.4, 0.5) is 0 Å². The third-order valence-corrected chi connectivity index (χ3v) is 3.35. The van der Waals surface area contributed by atoms with Gasteiger partial charge in [-0.2, -0.15) is 0 Å². The van der Waals surface area contributed by atoms with Gasteiger partial charge >= 0.3 is 0 Å². The molecular formula is C21H21N. The zero-order chi connectivity index (χ0) is 15.6. The van der Waals surface area contributed by atoms with Crippen molar-refractivity contribution in [2.45, 2.75) is 6.04 Å². The average molecular weight is 287 g/mol. The van der Waals surface area contributed by atoms with Gasteiger partial charge in [-0.25, -0.2) is 0 Å². The first-order valence-corrected chi connectivity index (χ1v) is 7.34. The van der Waals surface area contributed by atoms with E-state index in [1.807, 2.05) is 72.8 Å². The van der Waals surface area contributed by atoms with Crippen molar-refractivity contribution in [3.63, 3.8) is 0 Å². The molecule has 1 nitrogen and oxygen atoms in total. The van der Waals surface area contributed by atoms with E-state index in [-0.39, 0.29) is 6.04 Å². The molecule has 0 atom stereocenters. The molecule has 0 unspecified atom stereocenters. The standard InChI is InChI=1S/C13H13N.C8H8/c14-13(11-7-3-1-4-8-11)12-9-5-2-6-10-12;1-2-8-6-4-3-5-7-8/h1-10,13H,14H2;2-7H,1H2. The molecule has 0 aliphatic carbocycles. The zero-order valence-corrected chi connectivity index (χ0v) is 12.6. The van der Waals surface area contributed by atoms with Crippen LogP contribution in [-0.2, 0) is 0 Å². The first-order chi connectivity index (χ1) is 10.8. The molecule has 1 heteroatoms. The number of nitrogens with two attached hydrogens (primary N) is 1. The maximum absolute atomic E-state index is 6.12. The summed E-state index contributed by atoms with van der Waals surface area (Å²) in [5.74, 6) is 0. The maximum Gasteiger partial charge on any atom is 0.0551 e. The minimum absolute atomic E-state index is 0.0163. The largest absolute Gasteiger partial charge is 0.320 e. The van der Waals surface area contributed by atoms with Gasteiger partial charge in [-0.05, 0) is 16.7 Å². The molecule has 110 valence electrons. The highest BCUT2D eigenvalue weighted by atomic mass is 14.6. The van der Waals surface area contributed by atoms with Crippen molar-refractivity contribution in [2.24, 2.45) is 5.73 Å². The number of hydrogen-bond donors (Lipinski definition) is 1. The second-order valence-electron chi connectivity index (χ2n) is 4.91. The minimum Gasteiger partial charge on any atom is -0.320 e. The van der Waals surface area contributed by atoms with Crippen LogP contribution in [0.3, 0.4) is 0 Å². The molecule has 22 heavy (non-hydrogen) atoms. The molecule has 0 bridgehead atoms. The highest BCUT2D eigenvalue weighted by molar-refractivity contribution is 5.45. The van der Waals surface area contributed by atoms with Crippen LogP contribution in [0.15, 0.2) is 97.6 Å². The smallest absolute Gasteiger partial charge is 0.0551 e. The topological polar surface area (TPSA) is 26.0 Å². The quantitative estimate of drug-likeness (QED) is 0.715. The molecular weight excluding hydrogens is 266 g/mol. The number of hydrogen-bond acceptors (Lipinski definition) is 1. The fourth-order valence-corrected chi connectivity index (χ4v) is 2.10. The summed E-state index contributed by atoms with van der Waals surface area (Å²) >= 11 is 0. The summed E-state index contributed by atoms with van der Waals surface area (Å²) in [4.78, 5) is 0. The van der Waals surface area contributed by atoms with E-state index in [0.29, 0.717) is 0 Å². The van der Waals surface area contributed by atoms with E-state index in [2.05, 4.69) is 30.8 Å². The van der Waals surface area contributed by atoms with Crippen LogP contribution in [0.1, 0.15) is 22.7 Å². The van der Waals surface area contributed by atoms with Crippen LogP contribution in [0.25, 0.3) is 6.08 Å². The lowest BCUT2D eigenvalue weighted by atomic mass is 10.00. The molecule has 0 aliphatic heterocycles. The summed E-state index contributed by atoms with van der Waals surface area (Å²) in [5, 5.41) is 0. The molecule has 3 aromatic carbocycles. The summed E-state index contributed by atoms with van der Waals surface area (Å²) in [5.41, 5.74) is 9.59. The second kappa shape index (κ2) is 8.60. The summed E-state index contributed by atoms with van der Waals surface area (Å²) in [6.45, 7) is 3.63. The summed E-state index contributed by atoms with van der Waals surface area (Å²) in [7, 11) is 0. The second-order valence-corrected chi connectivity index (χ2v) is 4.91. The molecule has 3 rings (SSSR count). The lowest BCUT2D eigenvalue weighted by Crippen LogP contribution is -2.11. The third-order valence-electron chi connectivity index (χ3n) is 3.35. The van der Waals surface area contributed by atoms with E-state index in [0.717, 1.165) is 11.1 Å². The Morgan fingerprint density at radius 2 is 1.00 bits per heavy atom. The molecule has 0 heterocycles. The maximum atomic E-state index is 6.12. The Hall–Kier alpha value is -2.64. The Labute approximate surface area is 132 Å². The monoisotopic (exact) mass is 287 g/mol. The molecule has 2 N–H and O–H groups in total. The average Bonchev–Trinajstić information content (AvgIpc) is 2.64. The molecule has 0 saturated heterocycles. The fourth-order valence-electron chi connectivity index (χ4n) is 2.10. The predicted molar refractivity (Wildman–Crippen MR) is 95.4 cm³/mol. The van der Waals surface area contributed by atoms with Crippen molar-refractivity contribution < 1.29 is 0 Å². The fraction of sp³-hybridized carbons (Fsp3) is 0.0476. The van der Waals surface area contributed by atoms with Gasteiger partial charge in [0.2, 0.25) is 0 Å². The van der Waals surface area contributed by atoms with Crippen LogP contribution in [0, 0.1) is 0 Å². The van der Waals surface area contributed by atoms with Crippen molar-refractivity contribution in [3.05, 3.63) is 114 Å². The molecule has 0 saturated carbocycles. The van der Waals surface area contributed by atoms with Crippen molar-refractivity contribution in [1.29, 1.82) is 0 Å². The van der Waals surface area contributed by atoms with Crippen LogP contribution >= 0.6 is 0 Å². The van der Waals surface area contributed by atoms with Crippen molar-refractivity contribution in [2.75, 3.05) is 0 Å². The van der Waals surface area contributed by atoms with Crippen LogP contribution in [0.5, 0.6) is 0 Å². The van der Waals surface area contributed by atoms with E-state index >= 15 is 0 Å². The Morgan fingerprint density at radius 3 is 1.32 bits per heavy atom. The highest BCUT2D eigenvalue weighted by Gasteiger charge is 2.06. The van der Waals surface area contributed by atoms with E-state index in [9.17, 15) is 0 Å². The Morgan fingerprint density at radius 1 is 0.636 bits per heavy atom. The van der Waals surface area contributed by atoms with Gasteiger partial charge in [-0.3, -0.25) is 0 Å². The van der Waals surface area contributed by atoms with Gasteiger partial charge in [0.15, 0.2) is 0 Å². The van der Waals surface area contributed by atoms with Crippen LogP contribution in [-0.4, -0.2) is 0 Å². The predicted octanol–water partition coefficient (Wildman–Crippen LogP) is 5.06. The molecule has 0 fully saturated rings. The van der Waals surface area contributed by atoms with Crippen LogP contribution < -0.4 is 5.73 Å². The van der Waals surface area contributed by atoms with Gasteiger partial charge in [-0.1, -0.05) is 104 Å². The van der Waals surface area contributed by atoms with E-state index in [1.165, 1.54) is 5.56 Å². The van der Waals surface area contributed by atoms with Crippen molar-refractivity contribution >= 4 is 6.08 Å². The lowest BCUT2D eigenvalue weighted by molar-refractivity contribution is 0.871. The lowest BCUT2D eigenvalue weighted by Gasteiger charge is -2.11. The van der Waals surface area contributed by atoms with E-state index < -0.39 is 0 Å². The first kappa shape index (κ1) is 15.7. The number of rotatable bonds is 3. The molecule has 0 spiro atoms. The third kappa shape index (κ3) is 4.72. The van der Waals surface area contributed by atoms with Gasteiger partial charge in [0.25, 0.3) is 0 Å². The van der Waals surface area contributed by atoms with Crippen molar-refractivity contribution in [1.82, 2.24) is 0 Å². The van der Waals surface area contributed by atoms with Gasteiger partial charge in [0.1, 0.15) is 0 Å². The van der Waals surface area contributed by atoms with Gasteiger partial charge < -0.3 is 5.73 Å². The normalized spacial score (nSPS) is 9.73. The zero-order valence-electron chi connectivity index (χ0n) is 12.6. The summed E-state index contributed by atoms with van der Waals surface area (Å²) in [6.07, 6.45) is 1.83. The van der Waals surface area contributed by atoms with Crippen LogP contribution in [0.2, 0.25) is 0 Å². The van der Waals surface area contributed by atoms with Crippen molar-refractivity contribution in [3.8, 4) is 0 Å². The molecule has 0 aliphatic rings. The summed E-state index contributed by atoms with van der Waals surface area (Å²) in [6, 6.07) is 30.3. The first-order valence-electron chi connectivity index (χ1n) is 7.34. The Kier molecular flexibility index (Phi) is 6.16. The number of benzene rings is 3. The Balaban J connectivity index is 0.000000188. The van der Waals surface area contributed by atoms with Gasteiger partial charge in [-0.15, -0.1) is 0 Å². The molecule has 0 aromatic heterocycles. The SMILES string of the molecule is C=Cc1ccccc1.NC(c1ccccc1)c1ccccc1. The molecule has 3 aromatic rings.